The maximum atomic E-state index is 9.44. The van der Waals surface area contributed by atoms with E-state index in [1.165, 1.54) is 0 Å². The number of nitriles is 1. The Morgan fingerprint density at radius 2 is 1.92 bits per heavy atom. The first-order valence-corrected chi connectivity index (χ1v) is 7.50. The third kappa shape index (κ3) is 3.82. The molecule has 0 amide bonds. The minimum Gasteiger partial charge on any atom is -0.508 e. The summed E-state index contributed by atoms with van der Waals surface area (Å²) in [5.41, 5.74) is 3.57. The Morgan fingerprint density at radius 1 is 1.08 bits per heavy atom. The first kappa shape index (κ1) is 15.4. The van der Waals surface area contributed by atoms with Gasteiger partial charge >= 0.3 is 0 Å². The number of phenols is 1. The van der Waals surface area contributed by atoms with E-state index in [2.05, 4.69) is 22.9 Å². The van der Waals surface area contributed by atoms with Crippen molar-refractivity contribution in [1.29, 1.82) is 5.26 Å². The number of nitrogens with zero attached hydrogens (tertiary/aromatic N) is 3. The van der Waals surface area contributed by atoms with Crippen LogP contribution in [0.1, 0.15) is 22.4 Å². The summed E-state index contributed by atoms with van der Waals surface area (Å²) in [4.78, 5) is 4.19. The predicted octanol–water partition coefficient (Wildman–Crippen LogP) is 3.10. The normalized spacial score (nSPS) is 9.79. The summed E-state index contributed by atoms with van der Waals surface area (Å²) in [5, 5.41) is 18.3. The molecule has 0 unspecified atom stereocenters. The number of phenolic OH excluding ortho intramolecular Hbond substituents is 1. The zero-order valence-electron chi connectivity index (χ0n) is 13.0. The fraction of sp³-hybridized carbons (Fsp3) is 0.100. The van der Waals surface area contributed by atoms with Crippen molar-refractivity contribution in [2.24, 2.45) is 0 Å². The summed E-state index contributed by atoms with van der Waals surface area (Å²) >= 11 is 0. The summed E-state index contributed by atoms with van der Waals surface area (Å²) in [7, 11) is 0. The fourth-order valence-corrected chi connectivity index (χ4v) is 2.34. The van der Waals surface area contributed by atoms with E-state index < -0.39 is 0 Å². The molecule has 0 saturated heterocycles. The summed E-state index contributed by atoms with van der Waals surface area (Å²) in [6, 6.07) is 16.5. The molecule has 3 rings (SSSR count). The van der Waals surface area contributed by atoms with Gasteiger partial charge < -0.3 is 9.67 Å². The lowest BCUT2D eigenvalue weighted by atomic mass is 10.1. The largest absolute Gasteiger partial charge is 0.508 e. The molecule has 116 valence electrons. The molecular weight excluding hydrogens is 298 g/mol. The average molecular weight is 313 g/mol. The number of hydrogen-bond acceptors (Lipinski definition) is 3. The molecule has 3 aromatic rings. The van der Waals surface area contributed by atoms with Crippen molar-refractivity contribution < 1.29 is 5.11 Å². The van der Waals surface area contributed by atoms with Crippen LogP contribution in [0.4, 0.5) is 0 Å². The fourth-order valence-electron chi connectivity index (χ4n) is 2.34. The number of hydrogen-bond donors (Lipinski definition) is 1. The molecule has 0 aliphatic carbocycles. The average Bonchev–Trinajstić information content (AvgIpc) is 3.03. The topological polar surface area (TPSA) is 61.8 Å². The molecule has 0 aliphatic heterocycles. The van der Waals surface area contributed by atoms with E-state index in [9.17, 15) is 5.11 Å². The number of benzene rings is 2. The van der Waals surface area contributed by atoms with Gasteiger partial charge in [-0.1, -0.05) is 30.0 Å². The molecule has 4 nitrogen and oxygen atoms in total. The van der Waals surface area contributed by atoms with Gasteiger partial charge in [0.2, 0.25) is 0 Å². The Kier molecular flexibility index (Phi) is 4.60. The van der Waals surface area contributed by atoms with Crippen molar-refractivity contribution in [3.63, 3.8) is 0 Å². The van der Waals surface area contributed by atoms with Crippen molar-refractivity contribution in [3.8, 4) is 23.7 Å². The summed E-state index contributed by atoms with van der Waals surface area (Å²) < 4.78 is 2.04. The molecule has 4 heteroatoms. The highest BCUT2D eigenvalue weighted by atomic mass is 16.3. The Bertz CT molecular complexity index is 937. The molecule has 0 bridgehead atoms. The second-order valence-electron chi connectivity index (χ2n) is 5.35. The van der Waals surface area contributed by atoms with Crippen LogP contribution < -0.4 is 0 Å². The molecule has 0 saturated carbocycles. The van der Waals surface area contributed by atoms with Crippen LogP contribution in [0.3, 0.4) is 0 Å². The van der Waals surface area contributed by atoms with Gasteiger partial charge in [-0.15, -0.1) is 0 Å². The van der Waals surface area contributed by atoms with E-state index in [4.69, 9.17) is 5.26 Å². The van der Waals surface area contributed by atoms with Gasteiger partial charge in [0.25, 0.3) is 0 Å². The molecule has 1 N–H and O–H groups in total. The number of aromatic nitrogens is 2. The van der Waals surface area contributed by atoms with Gasteiger partial charge in [-0.25, -0.2) is 4.98 Å². The van der Waals surface area contributed by atoms with Crippen molar-refractivity contribution in [2.45, 2.75) is 13.0 Å². The Hall–Kier alpha value is -3.50. The van der Waals surface area contributed by atoms with E-state index in [0.29, 0.717) is 18.5 Å². The first-order valence-electron chi connectivity index (χ1n) is 7.50. The predicted molar refractivity (Wildman–Crippen MR) is 91.2 cm³/mol. The summed E-state index contributed by atoms with van der Waals surface area (Å²) in [6.07, 6.45) is 4.16. The zero-order valence-corrected chi connectivity index (χ0v) is 13.0. The van der Waals surface area contributed by atoms with Crippen LogP contribution in [-0.2, 0) is 13.0 Å². The molecular formula is C20H15N3O. The van der Waals surface area contributed by atoms with Crippen LogP contribution >= 0.6 is 0 Å². The third-order valence-corrected chi connectivity index (χ3v) is 3.58. The van der Waals surface area contributed by atoms with Crippen molar-refractivity contribution in [1.82, 2.24) is 9.55 Å². The van der Waals surface area contributed by atoms with Crippen LogP contribution in [0.25, 0.3) is 0 Å². The van der Waals surface area contributed by atoms with E-state index >= 15 is 0 Å². The summed E-state index contributed by atoms with van der Waals surface area (Å²) in [5.74, 6) is 6.37. The molecule has 0 atom stereocenters. The zero-order chi connectivity index (χ0) is 16.8. The second-order valence-corrected chi connectivity index (χ2v) is 5.35. The SMILES string of the molecule is N#Cc1ccc(Cn2cncc2CC#Cc2cccc(O)c2)cc1. The molecule has 0 spiro atoms. The Balaban J connectivity index is 1.70. The van der Waals surface area contributed by atoms with Gasteiger partial charge in [0.15, 0.2) is 0 Å². The minimum atomic E-state index is 0.215. The maximum Gasteiger partial charge on any atom is 0.116 e. The third-order valence-electron chi connectivity index (χ3n) is 3.58. The molecule has 1 aromatic heterocycles. The van der Waals surface area contributed by atoms with Crippen LogP contribution in [0.5, 0.6) is 5.75 Å². The lowest BCUT2D eigenvalue weighted by molar-refractivity contribution is 0.475. The van der Waals surface area contributed by atoms with E-state index in [-0.39, 0.29) is 5.75 Å². The Morgan fingerprint density at radius 3 is 2.67 bits per heavy atom. The van der Waals surface area contributed by atoms with Crippen LogP contribution in [-0.4, -0.2) is 14.7 Å². The van der Waals surface area contributed by atoms with Gasteiger partial charge in [-0.2, -0.15) is 5.26 Å². The van der Waals surface area contributed by atoms with Gasteiger partial charge in [-0.3, -0.25) is 0 Å². The van der Waals surface area contributed by atoms with E-state index in [1.807, 2.05) is 34.9 Å². The second kappa shape index (κ2) is 7.17. The Labute approximate surface area is 140 Å². The van der Waals surface area contributed by atoms with E-state index in [0.717, 1.165) is 16.8 Å². The number of imidazole rings is 1. The van der Waals surface area contributed by atoms with Gasteiger partial charge in [0.1, 0.15) is 5.75 Å². The number of rotatable bonds is 3. The van der Waals surface area contributed by atoms with Crippen LogP contribution in [0.2, 0.25) is 0 Å². The lowest BCUT2D eigenvalue weighted by Gasteiger charge is -2.06. The highest BCUT2D eigenvalue weighted by Crippen LogP contribution is 2.10. The first-order chi connectivity index (χ1) is 11.7. The van der Waals surface area contributed by atoms with E-state index in [1.54, 1.807) is 30.7 Å². The monoisotopic (exact) mass is 313 g/mol. The minimum absolute atomic E-state index is 0.215. The van der Waals surface area contributed by atoms with Crippen molar-refractivity contribution in [3.05, 3.63) is 83.4 Å². The molecule has 0 radical (unpaired) electrons. The molecule has 24 heavy (non-hydrogen) atoms. The molecule has 2 aromatic carbocycles. The van der Waals surface area contributed by atoms with Crippen LogP contribution in [0.15, 0.2) is 61.1 Å². The molecule has 0 aliphatic rings. The van der Waals surface area contributed by atoms with Gasteiger partial charge in [0.05, 0.1) is 24.4 Å². The quantitative estimate of drug-likeness (QED) is 0.756. The van der Waals surface area contributed by atoms with Gasteiger partial charge in [-0.05, 0) is 35.9 Å². The molecule has 1 heterocycles. The van der Waals surface area contributed by atoms with Gasteiger partial charge in [0, 0.05) is 24.0 Å². The summed E-state index contributed by atoms with van der Waals surface area (Å²) in [6.45, 7) is 0.689. The highest BCUT2D eigenvalue weighted by molar-refractivity contribution is 5.39. The van der Waals surface area contributed by atoms with Crippen molar-refractivity contribution >= 4 is 0 Å². The smallest absolute Gasteiger partial charge is 0.116 e. The number of aromatic hydroxyl groups is 1. The molecule has 0 fully saturated rings. The maximum absolute atomic E-state index is 9.44. The standard InChI is InChI=1S/C20H15N3O/c21-12-17-7-9-18(10-8-17)14-23-15-22-13-19(23)5-1-3-16-4-2-6-20(24)11-16/h2,4,6-11,13,15,24H,5,14H2. The highest BCUT2D eigenvalue weighted by Gasteiger charge is 2.02. The van der Waals surface area contributed by atoms with Crippen LogP contribution in [0, 0.1) is 23.2 Å². The van der Waals surface area contributed by atoms with Crippen molar-refractivity contribution in [2.75, 3.05) is 0 Å². The lowest BCUT2D eigenvalue weighted by Crippen LogP contribution is -2.02.